The number of aliphatic carboxylic acids is 1. The first-order chi connectivity index (χ1) is 7.25. The fourth-order valence-electron chi connectivity index (χ4n) is 2.25. The van der Waals surface area contributed by atoms with Gasteiger partial charge in [0.05, 0.1) is 0 Å². The molecule has 0 bridgehead atoms. The van der Waals surface area contributed by atoms with Gasteiger partial charge in [0.1, 0.15) is 0 Å². The van der Waals surface area contributed by atoms with Gasteiger partial charge in [0.15, 0.2) is 0 Å². The number of carbonyl (C=O) groups is 1. The van der Waals surface area contributed by atoms with Gasteiger partial charge in [-0.15, -0.1) is 0 Å². The largest absolute Gasteiger partial charge is 0.481 e. The van der Waals surface area contributed by atoms with E-state index in [1.165, 1.54) is 25.9 Å². The zero-order chi connectivity index (χ0) is 10.7. The van der Waals surface area contributed by atoms with Gasteiger partial charge in [0.25, 0.3) is 0 Å². The quantitative estimate of drug-likeness (QED) is 0.726. The molecule has 4 heteroatoms. The molecule has 15 heavy (non-hydrogen) atoms. The molecule has 0 amide bonds. The molecular weight excluding hydrogens is 192 g/mol. The van der Waals surface area contributed by atoms with Crippen LogP contribution in [0, 0.1) is 0 Å². The number of carboxylic acid groups (broad SMARTS) is 1. The number of rotatable bonds is 5. The number of nitrogens with zero attached hydrogens (tertiary/aromatic N) is 2. The highest BCUT2D eigenvalue weighted by Crippen LogP contribution is 2.27. The Bertz CT molecular complexity index is 221. The van der Waals surface area contributed by atoms with Crippen molar-refractivity contribution in [2.24, 2.45) is 0 Å². The maximum atomic E-state index is 10.4. The van der Waals surface area contributed by atoms with Gasteiger partial charge in [-0.3, -0.25) is 9.69 Å². The Morgan fingerprint density at radius 1 is 1.20 bits per heavy atom. The molecule has 2 rings (SSSR count). The standard InChI is InChI=1S/C11H20N2O2/c14-11(15)2-1-5-12-6-8-13(9-7-12)10-3-4-10/h10H,1-9H2,(H,14,15). The first kappa shape index (κ1) is 10.9. The van der Waals surface area contributed by atoms with E-state index in [9.17, 15) is 4.79 Å². The molecule has 0 spiro atoms. The van der Waals surface area contributed by atoms with Crippen LogP contribution in [0.1, 0.15) is 25.7 Å². The molecule has 1 aliphatic heterocycles. The third kappa shape index (κ3) is 3.47. The maximum absolute atomic E-state index is 10.4. The second-order valence-corrected chi connectivity index (χ2v) is 4.61. The normalized spacial score (nSPS) is 24.3. The summed E-state index contributed by atoms with van der Waals surface area (Å²) in [5, 5.41) is 8.54. The van der Waals surface area contributed by atoms with Gasteiger partial charge in [-0.1, -0.05) is 0 Å². The van der Waals surface area contributed by atoms with Crippen LogP contribution in [0.3, 0.4) is 0 Å². The van der Waals surface area contributed by atoms with Crippen molar-refractivity contribution in [1.29, 1.82) is 0 Å². The fraction of sp³-hybridized carbons (Fsp3) is 0.909. The van der Waals surface area contributed by atoms with Crippen molar-refractivity contribution in [3.63, 3.8) is 0 Å². The molecule has 1 saturated carbocycles. The van der Waals surface area contributed by atoms with Gasteiger partial charge < -0.3 is 10.0 Å². The Kier molecular flexibility index (Phi) is 3.59. The Balaban J connectivity index is 1.58. The molecule has 1 saturated heterocycles. The monoisotopic (exact) mass is 212 g/mol. The van der Waals surface area contributed by atoms with Crippen LogP contribution in [0.5, 0.6) is 0 Å². The topological polar surface area (TPSA) is 43.8 Å². The van der Waals surface area contributed by atoms with Crippen LogP contribution in [-0.2, 0) is 4.79 Å². The molecule has 86 valence electrons. The van der Waals surface area contributed by atoms with Crippen LogP contribution in [0.4, 0.5) is 0 Å². The van der Waals surface area contributed by atoms with Crippen LogP contribution >= 0.6 is 0 Å². The highest BCUT2D eigenvalue weighted by atomic mass is 16.4. The molecule has 1 aliphatic carbocycles. The van der Waals surface area contributed by atoms with Gasteiger partial charge in [-0.05, 0) is 25.8 Å². The predicted octanol–water partition coefficient (Wildman–Crippen LogP) is 0.631. The number of hydrogen-bond donors (Lipinski definition) is 1. The van der Waals surface area contributed by atoms with Crippen molar-refractivity contribution in [3.05, 3.63) is 0 Å². The highest BCUT2D eigenvalue weighted by Gasteiger charge is 2.30. The zero-order valence-corrected chi connectivity index (χ0v) is 9.19. The minimum atomic E-state index is -0.674. The lowest BCUT2D eigenvalue weighted by molar-refractivity contribution is -0.137. The van der Waals surface area contributed by atoms with E-state index < -0.39 is 5.97 Å². The highest BCUT2D eigenvalue weighted by molar-refractivity contribution is 5.66. The van der Waals surface area contributed by atoms with Gasteiger partial charge in [0, 0.05) is 38.6 Å². The second-order valence-electron chi connectivity index (χ2n) is 4.61. The lowest BCUT2D eigenvalue weighted by atomic mass is 10.2. The van der Waals surface area contributed by atoms with Crippen LogP contribution in [0.2, 0.25) is 0 Å². The number of hydrogen-bond acceptors (Lipinski definition) is 3. The summed E-state index contributed by atoms with van der Waals surface area (Å²) in [6, 6.07) is 0.881. The summed E-state index contributed by atoms with van der Waals surface area (Å²) >= 11 is 0. The van der Waals surface area contributed by atoms with E-state index in [4.69, 9.17) is 5.11 Å². The summed E-state index contributed by atoms with van der Waals surface area (Å²) in [4.78, 5) is 15.3. The van der Waals surface area contributed by atoms with Crippen molar-refractivity contribution in [2.45, 2.75) is 31.7 Å². The molecule has 2 fully saturated rings. The van der Waals surface area contributed by atoms with E-state index in [2.05, 4.69) is 9.80 Å². The Labute approximate surface area is 90.9 Å². The van der Waals surface area contributed by atoms with E-state index in [1.54, 1.807) is 0 Å². The molecule has 0 unspecified atom stereocenters. The van der Waals surface area contributed by atoms with Crippen molar-refractivity contribution in [3.8, 4) is 0 Å². The van der Waals surface area contributed by atoms with Gasteiger partial charge in [-0.2, -0.15) is 0 Å². The minimum absolute atomic E-state index is 0.308. The van der Waals surface area contributed by atoms with Crippen LogP contribution in [-0.4, -0.2) is 59.6 Å². The molecule has 0 radical (unpaired) electrons. The molecule has 1 heterocycles. The average molecular weight is 212 g/mol. The number of piperazine rings is 1. The van der Waals surface area contributed by atoms with E-state index in [-0.39, 0.29) is 0 Å². The van der Waals surface area contributed by atoms with Gasteiger partial charge in [0.2, 0.25) is 0 Å². The van der Waals surface area contributed by atoms with Crippen molar-refractivity contribution in [1.82, 2.24) is 9.80 Å². The Morgan fingerprint density at radius 3 is 2.40 bits per heavy atom. The lowest BCUT2D eigenvalue weighted by Crippen LogP contribution is -2.47. The summed E-state index contributed by atoms with van der Waals surface area (Å²) in [5.74, 6) is -0.674. The first-order valence-electron chi connectivity index (χ1n) is 5.94. The molecule has 0 atom stereocenters. The lowest BCUT2D eigenvalue weighted by Gasteiger charge is -2.34. The second kappa shape index (κ2) is 4.94. The molecule has 4 nitrogen and oxygen atoms in total. The predicted molar refractivity (Wildman–Crippen MR) is 57.9 cm³/mol. The average Bonchev–Trinajstić information content (AvgIpc) is 3.02. The molecule has 0 aromatic carbocycles. The van der Waals surface area contributed by atoms with E-state index >= 15 is 0 Å². The first-order valence-corrected chi connectivity index (χ1v) is 5.94. The van der Waals surface area contributed by atoms with Crippen LogP contribution in [0.15, 0.2) is 0 Å². The van der Waals surface area contributed by atoms with E-state index in [0.29, 0.717) is 6.42 Å². The minimum Gasteiger partial charge on any atom is -0.481 e. The molecule has 2 aliphatic rings. The summed E-state index contributed by atoms with van der Waals surface area (Å²) in [5.41, 5.74) is 0. The Morgan fingerprint density at radius 2 is 1.87 bits per heavy atom. The smallest absolute Gasteiger partial charge is 0.303 e. The fourth-order valence-corrected chi connectivity index (χ4v) is 2.25. The molecule has 0 aromatic rings. The molecular formula is C11H20N2O2. The van der Waals surface area contributed by atoms with Gasteiger partial charge >= 0.3 is 5.97 Å². The number of carboxylic acids is 1. The zero-order valence-electron chi connectivity index (χ0n) is 9.19. The van der Waals surface area contributed by atoms with E-state index in [1.807, 2.05) is 0 Å². The molecule has 1 N–H and O–H groups in total. The van der Waals surface area contributed by atoms with Crippen molar-refractivity contribution in [2.75, 3.05) is 32.7 Å². The third-order valence-corrected chi connectivity index (χ3v) is 3.34. The SMILES string of the molecule is O=C(O)CCCN1CCN(C2CC2)CC1. The summed E-state index contributed by atoms with van der Waals surface area (Å²) in [6.45, 7) is 5.55. The van der Waals surface area contributed by atoms with Crippen molar-refractivity contribution < 1.29 is 9.90 Å². The third-order valence-electron chi connectivity index (χ3n) is 3.34. The van der Waals surface area contributed by atoms with Gasteiger partial charge in [-0.25, -0.2) is 0 Å². The van der Waals surface area contributed by atoms with Crippen LogP contribution in [0.25, 0.3) is 0 Å². The summed E-state index contributed by atoms with van der Waals surface area (Å²) in [7, 11) is 0. The molecule has 0 aromatic heterocycles. The summed E-state index contributed by atoms with van der Waals surface area (Å²) in [6.07, 6.45) is 3.87. The Hall–Kier alpha value is -0.610. The van der Waals surface area contributed by atoms with E-state index in [0.717, 1.165) is 32.1 Å². The summed E-state index contributed by atoms with van der Waals surface area (Å²) < 4.78 is 0. The maximum Gasteiger partial charge on any atom is 0.303 e. The van der Waals surface area contributed by atoms with Crippen LogP contribution < -0.4 is 0 Å². The van der Waals surface area contributed by atoms with Crippen molar-refractivity contribution >= 4 is 5.97 Å².